The van der Waals surface area contributed by atoms with E-state index in [0.29, 0.717) is 17.7 Å². The monoisotopic (exact) mass is 260 g/mol. The highest BCUT2D eigenvalue weighted by molar-refractivity contribution is 5.34. The van der Waals surface area contributed by atoms with E-state index in [1.54, 1.807) is 31.6 Å². The zero-order chi connectivity index (χ0) is 13.7. The van der Waals surface area contributed by atoms with Crippen molar-refractivity contribution in [3.05, 3.63) is 59.7 Å². The molecule has 1 unspecified atom stereocenters. The number of aromatic nitrogens is 1. The van der Waals surface area contributed by atoms with Gasteiger partial charge in [0, 0.05) is 17.8 Å². The van der Waals surface area contributed by atoms with Crippen LogP contribution in [0.15, 0.2) is 42.7 Å². The van der Waals surface area contributed by atoms with Crippen LogP contribution in [0.2, 0.25) is 0 Å². The summed E-state index contributed by atoms with van der Waals surface area (Å²) in [6.45, 7) is 0. The van der Waals surface area contributed by atoms with Gasteiger partial charge in [-0.15, -0.1) is 0 Å². The van der Waals surface area contributed by atoms with E-state index < -0.39 is 0 Å². The van der Waals surface area contributed by atoms with Crippen LogP contribution in [0.3, 0.4) is 0 Å². The summed E-state index contributed by atoms with van der Waals surface area (Å²) in [5.74, 6) is 0.522. The molecule has 19 heavy (non-hydrogen) atoms. The van der Waals surface area contributed by atoms with Crippen molar-refractivity contribution < 1.29 is 9.13 Å². The molecule has 0 bridgehead atoms. The fraction of sp³-hybridized carbons (Fsp3) is 0.267. The second kappa shape index (κ2) is 6.29. The quantitative estimate of drug-likeness (QED) is 0.897. The molecule has 0 aliphatic carbocycles. The number of nitrogens with one attached hydrogen (secondary N) is 1. The van der Waals surface area contributed by atoms with Gasteiger partial charge >= 0.3 is 0 Å². The zero-order valence-electron chi connectivity index (χ0n) is 11.1. The third-order valence-corrected chi connectivity index (χ3v) is 3.14. The highest BCUT2D eigenvalue weighted by Crippen LogP contribution is 2.26. The minimum atomic E-state index is -0.184. The Hall–Kier alpha value is -1.94. The first-order chi connectivity index (χ1) is 9.26. The van der Waals surface area contributed by atoms with Gasteiger partial charge in [-0.05, 0) is 31.2 Å². The van der Waals surface area contributed by atoms with Crippen molar-refractivity contribution in [1.82, 2.24) is 10.3 Å². The Bertz CT molecular complexity index is 545. The Morgan fingerprint density at radius 2 is 2.11 bits per heavy atom. The molecular weight excluding hydrogens is 243 g/mol. The van der Waals surface area contributed by atoms with E-state index in [-0.39, 0.29) is 11.9 Å². The van der Waals surface area contributed by atoms with Crippen molar-refractivity contribution in [2.75, 3.05) is 14.2 Å². The van der Waals surface area contributed by atoms with Crippen molar-refractivity contribution in [2.45, 2.75) is 12.5 Å². The number of nitrogens with zero attached hydrogens (tertiary/aromatic N) is 1. The molecule has 2 rings (SSSR count). The van der Waals surface area contributed by atoms with Crippen molar-refractivity contribution in [1.29, 1.82) is 0 Å². The molecule has 3 nitrogen and oxygen atoms in total. The molecule has 0 radical (unpaired) electrons. The highest BCUT2D eigenvalue weighted by Gasteiger charge is 2.16. The van der Waals surface area contributed by atoms with E-state index in [2.05, 4.69) is 10.3 Å². The highest BCUT2D eigenvalue weighted by atomic mass is 19.1. The predicted octanol–water partition coefficient (Wildman–Crippen LogP) is 2.73. The summed E-state index contributed by atoms with van der Waals surface area (Å²) in [7, 11) is 3.46. The van der Waals surface area contributed by atoms with Gasteiger partial charge in [-0.1, -0.05) is 18.2 Å². The average molecular weight is 260 g/mol. The molecule has 1 atom stereocenters. The molecule has 0 fully saturated rings. The van der Waals surface area contributed by atoms with Gasteiger partial charge in [-0.25, -0.2) is 4.39 Å². The van der Waals surface area contributed by atoms with E-state index >= 15 is 0 Å². The van der Waals surface area contributed by atoms with Crippen molar-refractivity contribution in [3.8, 4) is 5.75 Å². The summed E-state index contributed by atoms with van der Waals surface area (Å²) in [4.78, 5) is 4.03. The van der Waals surface area contributed by atoms with Crippen molar-refractivity contribution >= 4 is 0 Å². The summed E-state index contributed by atoms with van der Waals surface area (Å²) < 4.78 is 19.0. The maximum Gasteiger partial charge on any atom is 0.141 e. The Morgan fingerprint density at radius 3 is 2.79 bits per heavy atom. The van der Waals surface area contributed by atoms with E-state index in [1.165, 1.54) is 6.07 Å². The molecule has 0 aliphatic rings. The second-order valence-electron chi connectivity index (χ2n) is 4.25. The number of hydrogen-bond acceptors (Lipinski definition) is 3. The van der Waals surface area contributed by atoms with Gasteiger partial charge < -0.3 is 10.1 Å². The van der Waals surface area contributed by atoms with Gasteiger partial charge in [0.25, 0.3) is 0 Å². The number of hydrogen-bond donors (Lipinski definition) is 1. The largest absolute Gasteiger partial charge is 0.495 e. The normalized spacial score (nSPS) is 12.2. The standard InChI is InChI=1S/C15H17FN2O/c1-17-14(9-11-5-3-4-6-13(11)16)12-7-8-18-10-15(12)19-2/h3-8,10,14,17H,9H2,1-2H3. The lowest BCUT2D eigenvalue weighted by Crippen LogP contribution is -2.20. The summed E-state index contributed by atoms with van der Waals surface area (Å²) in [6, 6.07) is 8.68. The summed E-state index contributed by atoms with van der Waals surface area (Å²) in [5, 5.41) is 3.19. The van der Waals surface area contributed by atoms with Crippen LogP contribution in [-0.2, 0) is 6.42 Å². The molecule has 1 aromatic heterocycles. The van der Waals surface area contributed by atoms with E-state index in [4.69, 9.17) is 4.74 Å². The molecule has 0 spiro atoms. The van der Waals surface area contributed by atoms with Crippen LogP contribution in [0.1, 0.15) is 17.2 Å². The number of benzene rings is 1. The van der Waals surface area contributed by atoms with Crippen molar-refractivity contribution in [3.63, 3.8) is 0 Å². The first kappa shape index (κ1) is 13.5. The van der Waals surface area contributed by atoms with Crippen LogP contribution >= 0.6 is 0 Å². The average Bonchev–Trinajstić information content (AvgIpc) is 2.46. The van der Waals surface area contributed by atoms with Crippen LogP contribution in [0.4, 0.5) is 4.39 Å². The smallest absolute Gasteiger partial charge is 0.141 e. The van der Waals surface area contributed by atoms with Gasteiger partial charge in [0.2, 0.25) is 0 Å². The minimum Gasteiger partial charge on any atom is -0.495 e. The number of halogens is 1. The minimum absolute atomic E-state index is 0.0187. The fourth-order valence-electron chi connectivity index (χ4n) is 2.10. The number of likely N-dealkylation sites (N-methyl/N-ethyl adjacent to an activating group) is 1. The van der Waals surface area contributed by atoms with Gasteiger partial charge in [0.15, 0.2) is 0 Å². The maximum atomic E-state index is 13.7. The van der Waals surface area contributed by atoms with E-state index in [9.17, 15) is 4.39 Å². The first-order valence-electron chi connectivity index (χ1n) is 6.14. The molecule has 2 aromatic rings. The lowest BCUT2D eigenvalue weighted by Gasteiger charge is -2.19. The van der Waals surface area contributed by atoms with Gasteiger partial charge in [0.05, 0.1) is 13.3 Å². The topological polar surface area (TPSA) is 34.2 Å². The van der Waals surface area contributed by atoms with Gasteiger partial charge in [-0.3, -0.25) is 4.98 Å². The summed E-state index contributed by atoms with van der Waals surface area (Å²) >= 11 is 0. The SMILES string of the molecule is CNC(Cc1ccccc1F)c1ccncc1OC. The Morgan fingerprint density at radius 1 is 1.32 bits per heavy atom. The lowest BCUT2D eigenvalue weighted by molar-refractivity contribution is 0.398. The van der Waals surface area contributed by atoms with Crippen LogP contribution < -0.4 is 10.1 Å². The maximum absolute atomic E-state index is 13.7. The predicted molar refractivity (Wildman–Crippen MR) is 72.7 cm³/mol. The number of methoxy groups -OCH3 is 1. The van der Waals surface area contributed by atoms with Crippen molar-refractivity contribution in [2.24, 2.45) is 0 Å². The van der Waals surface area contributed by atoms with E-state index in [1.807, 2.05) is 19.2 Å². The molecule has 4 heteroatoms. The Balaban J connectivity index is 2.28. The molecule has 0 aliphatic heterocycles. The van der Waals surface area contributed by atoms with Crippen LogP contribution in [-0.4, -0.2) is 19.1 Å². The summed E-state index contributed by atoms with van der Waals surface area (Å²) in [5.41, 5.74) is 1.66. The second-order valence-corrected chi connectivity index (χ2v) is 4.25. The molecule has 1 aromatic carbocycles. The molecule has 100 valence electrons. The third kappa shape index (κ3) is 3.09. The zero-order valence-corrected chi connectivity index (χ0v) is 11.1. The number of ether oxygens (including phenoxy) is 1. The number of rotatable bonds is 5. The fourth-order valence-corrected chi connectivity index (χ4v) is 2.10. The molecular formula is C15H17FN2O. The Kier molecular flexibility index (Phi) is 4.47. The molecule has 0 amide bonds. The summed E-state index contributed by atoms with van der Waals surface area (Å²) in [6.07, 6.45) is 3.94. The van der Waals surface area contributed by atoms with Gasteiger partial charge in [-0.2, -0.15) is 0 Å². The number of pyridine rings is 1. The van der Waals surface area contributed by atoms with E-state index in [0.717, 1.165) is 5.56 Å². The van der Waals surface area contributed by atoms with Crippen LogP contribution in [0.25, 0.3) is 0 Å². The molecule has 0 saturated heterocycles. The molecule has 0 saturated carbocycles. The first-order valence-corrected chi connectivity index (χ1v) is 6.14. The molecule has 1 heterocycles. The lowest BCUT2D eigenvalue weighted by atomic mass is 9.99. The van der Waals surface area contributed by atoms with Gasteiger partial charge in [0.1, 0.15) is 11.6 Å². The van der Waals surface area contributed by atoms with Crippen LogP contribution in [0.5, 0.6) is 5.75 Å². The molecule has 1 N–H and O–H groups in total. The Labute approximate surface area is 112 Å². The van der Waals surface area contributed by atoms with Crippen LogP contribution in [0, 0.1) is 5.82 Å². The third-order valence-electron chi connectivity index (χ3n) is 3.14.